The summed E-state index contributed by atoms with van der Waals surface area (Å²) >= 11 is 1.58. The number of piperidine rings is 1. The molecular formula is C33H41N3O5S. The molecule has 9 heteroatoms. The van der Waals surface area contributed by atoms with Gasteiger partial charge in [0.25, 0.3) is 0 Å². The van der Waals surface area contributed by atoms with Gasteiger partial charge in [0, 0.05) is 63.5 Å². The topological polar surface area (TPSA) is 84.4 Å². The summed E-state index contributed by atoms with van der Waals surface area (Å²) < 4.78 is 17.7. The number of benzene rings is 2. The van der Waals surface area contributed by atoms with Crippen molar-refractivity contribution in [1.29, 1.82) is 0 Å². The summed E-state index contributed by atoms with van der Waals surface area (Å²) in [6.45, 7) is 9.89. The Morgan fingerprint density at radius 3 is 2.76 bits per heavy atom. The number of carboxylic acid groups (broad SMARTS) is 1. The van der Waals surface area contributed by atoms with Crippen molar-refractivity contribution in [2.24, 2.45) is 5.92 Å². The molecule has 0 amide bonds. The van der Waals surface area contributed by atoms with Gasteiger partial charge in [-0.2, -0.15) is 0 Å². The van der Waals surface area contributed by atoms with Crippen LogP contribution >= 0.6 is 11.3 Å². The largest absolute Gasteiger partial charge is 0.488 e. The monoisotopic (exact) mass is 591 g/mol. The fraction of sp³-hybridized carbons (Fsp3) is 0.515. The maximum Gasteiger partial charge on any atom is 0.309 e. The SMILES string of the molecule is CO[C@H]1CN(c2nc(-c3cccc(C)c3OCc3ccc4c(c3C)CCN(C3CCOCC3)C4)cs2)CC[C@H]1C(=O)O. The van der Waals surface area contributed by atoms with E-state index < -0.39 is 11.9 Å². The van der Waals surface area contributed by atoms with E-state index in [1.54, 1.807) is 18.4 Å². The van der Waals surface area contributed by atoms with E-state index in [9.17, 15) is 9.90 Å². The minimum atomic E-state index is -0.797. The van der Waals surface area contributed by atoms with E-state index >= 15 is 0 Å². The molecule has 6 rings (SSSR count). The van der Waals surface area contributed by atoms with Crippen LogP contribution in [0.3, 0.4) is 0 Å². The molecule has 3 aromatic rings. The second-order valence-electron chi connectivity index (χ2n) is 11.8. The first kappa shape index (κ1) is 29.1. The average molecular weight is 592 g/mol. The van der Waals surface area contributed by atoms with Crippen LogP contribution in [0.5, 0.6) is 5.75 Å². The predicted octanol–water partition coefficient (Wildman–Crippen LogP) is 5.47. The van der Waals surface area contributed by atoms with Crippen LogP contribution in [0.4, 0.5) is 5.13 Å². The predicted molar refractivity (Wildman–Crippen MR) is 165 cm³/mol. The summed E-state index contributed by atoms with van der Waals surface area (Å²) in [6.07, 6.45) is 3.53. The Bertz CT molecular complexity index is 1420. The lowest BCUT2D eigenvalue weighted by Crippen LogP contribution is -2.47. The highest BCUT2D eigenvalue weighted by atomic mass is 32.1. The molecule has 4 heterocycles. The molecule has 3 aliphatic heterocycles. The van der Waals surface area contributed by atoms with E-state index in [2.05, 4.69) is 53.3 Å². The number of aromatic nitrogens is 1. The van der Waals surface area contributed by atoms with Crippen molar-refractivity contribution in [2.45, 2.75) is 64.8 Å². The van der Waals surface area contributed by atoms with Crippen LogP contribution in [0.2, 0.25) is 0 Å². The molecule has 2 atom stereocenters. The Kier molecular flexibility index (Phi) is 8.81. The van der Waals surface area contributed by atoms with Crippen LogP contribution in [0.1, 0.15) is 47.1 Å². The van der Waals surface area contributed by atoms with E-state index in [4.69, 9.17) is 19.2 Å². The quantitative estimate of drug-likeness (QED) is 0.369. The van der Waals surface area contributed by atoms with Gasteiger partial charge in [-0.3, -0.25) is 9.69 Å². The number of hydrogen-bond acceptors (Lipinski definition) is 8. The summed E-state index contributed by atoms with van der Waals surface area (Å²) in [7, 11) is 1.58. The molecule has 8 nitrogen and oxygen atoms in total. The number of nitrogens with zero attached hydrogens (tertiary/aromatic N) is 3. The van der Waals surface area contributed by atoms with E-state index in [0.717, 1.165) is 73.3 Å². The van der Waals surface area contributed by atoms with Crippen LogP contribution in [0, 0.1) is 19.8 Å². The minimum absolute atomic E-state index is 0.355. The first-order chi connectivity index (χ1) is 20.4. The van der Waals surface area contributed by atoms with E-state index in [1.165, 1.54) is 22.3 Å². The second kappa shape index (κ2) is 12.7. The summed E-state index contributed by atoms with van der Waals surface area (Å²) in [5.74, 6) is -0.425. The van der Waals surface area contributed by atoms with Gasteiger partial charge < -0.3 is 24.2 Å². The summed E-state index contributed by atoms with van der Waals surface area (Å²) in [4.78, 5) is 21.4. The van der Waals surface area contributed by atoms with Crippen molar-refractivity contribution in [3.8, 4) is 17.0 Å². The number of methoxy groups -OCH3 is 1. The van der Waals surface area contributed by atoms with Gasteiger partial charge >= 0.3 is 5.97 Å². The number of ether oxygens (including phenoxy) is 3. The molecule has 0 saturated carbocycles. The van der Waals surface area contributed by atoms with Crippen molar-refractivity contribution in [3.63, 3.8) is 0 Å². The lowest BCUT2D eigenvalue weighted by atomic mass is 9.90. The van der Waals surface area contributed by atoms with Gasteiger partial charge in [-0.05, 0) is 73.4 Å². The third-order valence-corrected chi connectivity index (χ3v) is 10.2. The minimum Gasteiger partial charge on any atom is -0.488 e. The highest BCUT2D eigenvalue weighted by Gasteiger charge is 2.35. The molecule has 0 unspecified atom stereocenters. The van der Waals surface area contributed by atoms with Gasteiger partial charge in [-0.25, -0.2) is 4.98 Å². The van der Waals surface area contributed by atoms with Crippen molar-refractivity contribution in [1.82, 2.24) is 9.88 Å². The lowest BCUT2D eigenvalue weighted by Gasteiger charge is -2.38. The average Bonchev–Trinajstić information content (AvgIpc) is 3.51. The summed E-state index contributed by atoms with van der Waals surface area (Å²) in [5.41, 5.74) is 8.43. The maximum absolute atomic E-state index is 11.6. The van der Waals surface area contributed by atoms with Gasteiger partial charge in [-0.15, -0.1) is 11.3 Å². The van der Waals surface area contributed by atoms with Gasteiger partial charge in [0.1, 0.15) is 12.4 Å². The van der Waals surface area contributed by atoms with Crippen LogP contribution < -0.4 is 9.64 Å². The Labute approximate surface area is 252 Å². The van der Waals surface area contributed by atoms with Crippen LogP contribution in [0.25, 0.3) is 11.3 Å². The number of rotatable bonds is 8. The van der Waals surface area contributed by atoms with E-state index in [1.807, 2.05) is 6.07 Å². The zero-order chi connectivity index (χ0) is 29.2. The fourth-order valence-electron chi connectivity index (χ4n) is 6.77. The number of fused-ring (bicyclic) bond motifs is 1. The van der Waals surface area contributed by atoms with Gasteiger partial charge in [0.05, 0.1) is 17.7 Å². The van der Waals surface area contributed by atoms with Crippen molar-refractivity contribution in [2.75, 3.05) is 44.9 Å². The fourth-order valence-corrected chi connectivity index (χ4v) is 7.63. The number of thiazole rings is 1. The van der Waals surface area contributed by atoms with Crippen LogP contribution in [-0.2, 0) is 33.8 Å². The van der Waals surface area contributed by atoms with Gasteiger partial charge in [-0.1, -0.05) is 24.3 Å². The molecule has 2 saturated heterocycles. The van der Waals surface area contributed by atoms with Crippen molar-refractivity contribution in [3.05, 3.63) is 63.5 Å². The van der Waals surface area contributed by atoms with Gasteiger partial charge in [0.2, 0.25) is 0 Å². The Balaban J connectivity index is 1.16. The molecule has 0 radical (unpaired) electrons. The Morgan fingerprint density at radius 2 is 1.98 bits per heavy atom. The molecule has 224 valence electrons. The third-order valence-electron chi connectivity index (χ3n) is 9.34. The number of carbonyl (C=O) groups is 1. The third kappa shape index (κ3) is 5.93. The van der Waals surface area contributed by atoms with E-state index in [0.29, 0.717) is 32.2 Å². The number of aryl methyl sites for hydroxylation is 1. The number of para-hydroxylation sites is 1. The molecule has 0 aliphatic carbocycles. The molecule has 3 aliphatic rings. The number of hydrogen-bond donors (Lipinski definition) is 1. The second-order valence-corrected chi connectivity index (χ2v) is 12.6. The zero-order valence-corrected chi connectivity index (χ0v) is 25.6. The molecule has 1 N–H and O–H groups in total. The molecule has 0 bridgehead atoms. The molecule has 42 heavy (non-hydrogen) atoms. The van der Waals surface area contributed by atoms with Crippen LogP contribution in [-0.4, -0.2) is 73.1 Å². The first-order valence-corrected chi connectivity index (χ1v) is 15.9. The number of anilines is 1. The van der Waals surface area contributed by atoms with Gasteiger partial charge in [0.15, 0.2) is 5.13 Å². The molecular weight excluding hydrogens is 550 g/mol. The zero-order valence-electron chi connectivity index (χ0n) is 24.8. The summed E-state index contributed by atoms with van der Waals surface area (Å²) in [6, 6.07) is 11.4. The molecule has 2 fully saturated rings. The number of carboxylic acids is 1. The smallest absolute Gasteiger partial charge is 0.309 e. The molecule has 2 aromatic carbocycles. The first-order valence-electron chi connectivity index (χ1n) is 15.0. The van der Waals surface area contributed by atoms with Crippen molar-refractivity contribution < 1.29 is 24.1 Å². The number of aliphatic carboxylic acids is 1. The van der Waals surface area contributed by atoms with Crippen molar-refractivity contribution >= 4 is 22.4 Å². The highest BCUT2D eigenvalue weighted by Crippen LogP contribution is 2.38. The Hall–Kier alpha value is -2.98. The lowest BCUT2D eigenvalue weighted by molar-refractivity contribution is -0.147. The van der Waals surface area contributed by atoms with E-state index in [-0.39, 0.29) is 6.10 Å². The van der Waals surface area contributed by atoms with Crippen LogP contribution in [0.15, 0.2) is 35.7 Å². The standard InChI is InChI=1S/C33H41N3O5S/c1-21-5-4-6-27(29-20-42-33(34-29)36-14-10-28(32(37)38)30(18-36)39-3)31(21)41-19-24-8-7-23-17-35(13-9-26(23)22(24)2)25-11-15-40-16-12-25/h4-8,20,25,28,30H,9-19H2,1-3H3,(H,37,38)/t28-,30+/m1/s1. The normalized spacial score (nSPS) is 21.7. The molecule has 0 spiro atoms. The summed E-state index contributed by atoms with van der Waals surface area (Å²) in [5, 5.41) is 12.5. The Morgan fingerprint density at radius 1 is 1.14 bits per heavy atom. The maximum atomic E-state index is 11.6. The highest BCUT2D eigenvalue weighted by molar-refractivity contribution is 7.14. The molecule has 1 aromatic heterocycles.